The van der Waals surface area contributed by atoms with Crippen LogP contribution in [0, 0.1) is 0 Å². The zero-order valence-corrected chi connectivity index (χ0v) is 8.45. The molecular formula is C9H18N2O3. The molecule has 2 unspecified atom stereocenters. The number of aliphatic hydroxyl groups excluding tert-OH is 1. The van der Waals surface area contributed by atoms with E-state index in [1.165, 1.54) is 0 Å². The van der Waals surface area contributed by atoms with Gasteiger partial charge in [0.15, 0.2) is 0 Å². The third-order valence-electron chi connectivity index (χ3n) is 2.30. The van der Waals surface area contributed by atoms with Crippen molar-refractivity contribution in [1.29, 1.82) is 0 Å². The lowest BCUT2D eigenvalue weighted by Crippen LogP contribution is -2.53. The molecule has 5 nitrogen and oxygen atoms in total. The smallest absolute Gasteiger partial charge is 0.239 e. The van der Waals surface area contributed by atoms with Crippen molar-refractivity contribution in [3.63, 3.8) is 0 Å². The molecule has 0 aliphatic carbocycles. The van der Waals surface area contributed by atoms with E-state index < -0.39 is 0 Å². The van der Waals surface area contributed by atoms with Gasteiger partial charge in [-0.1, -0.05) is 6.92 Å². The van der Waals surface area contributed by atoms with Crippen LogP contribution in [-0.4, -0.2) is 49.5 Å². The third-order valence-corrected chi connectivity index (χ3v) is 2.30. The second-order valence-corrected chi connectivity index (χ2v) is 3.38. The molecule has 3 N–H and O–H groups in total. The van der Waals surface area contributed by atoms with Crippen LogP contribution < -0.4 is 10.6 Å². The van der Waals surface area contributed by atoms with Crippen LogP contribution in [0.4, 0.5) is 0 Å². The van der Waals surface area contributed by atoms with E-state index in [0.29, 0.717) is 19.8 Å². The maximum absolute atomic E-state index is 11.6. The summed E-state index contributed by atoms with van der Waals surface area (Å²) in [5.74, 6) is -0.0920. The molecule has 1 rings (SSSR count). The summed E-state index contributed by atoms with van der Waals surface area (Å²) in [5.41, 5.74) is 0. The van der Waals surface area contributed by atoms with E-state index in [9.17, 15) is 4.79 Å². The molecule has 0 aromatic heterocycles. The van der Waals surface area contributed by atoms with Gasteiger partial charge in [-0.15, -0.1) is 0 Å². The molecule has 1 aliphatic heterocycles. The lowest BCUT2D eigenvalue weighted by molar-refractivity contribution is -0.126. The quantitative estimate of drug-likeness (QED) is 0.539. The Balaban J connectivity index is 2.32. The van der Waals surface area contributed by atoms with Gasteiger partial charge < -0.3 is 20.5 Å². The van der Waals surface area contributed by atoms with Gasteiger partial charge >= 0.3 is 0 Å². The predicted octanol–water partition coefficient (Wildman–Crippen LogP) is -1.14. The molecule has 0 saturated carbocycles. The average Bonchev–Trinajstić information content (AvgIpc) is 2.26. The summed E-state index contributed by atoms with van der Waals surface area (Å²) in [5, 5.41) is 14.7. The normalized spacial score (nSPS) is 24.3. The summed E-state index contributed by atoms with van der Waals surface area (Å²) in [7, 11) is 0. The van der Waals surface area contributed by atoms with Gasteiger partial charge in [0.2, 0.25) is 5.91 Å². The van der Waals surface area contributed by atoms with Gasteiger partial charge in [0.1, 0.15) is 6.04 Å². The maximum Gasteiger partial charge on any atom is 0.239 e. The Hall–Kier alpha value is -0.650. The number of carbonyl (C=O) groups is 1. The van der Waals surface area contributed by atoms with Crippen LogP contribution in [0.15, 0.2) is 0 Å². The second-order valence-electron chi connectivity index (χ2n) is 3.38. The molecular weight excluding hydrogens is 184 g/mol. The summed E-state index contributed by atoms with van der Waals surface area (Å²) < 4.78 is 5.17. The molecule has 5 heteroatoms. The van der Waals surface area contributed by atoms with Gasteiger partial charge in [0.25, 0.3) is 0 Å². The first kappa shape index (κ1) is 11.4. The van der Waals surface area contributed by atoms with E-state index in [-0.39, 0.29) is 24.6 Å². The number of hydrogen-bond acceptors (Lipinski definition) is 4. The fourth-order valence-corrected chi connectivity index (χ4v) is 1.31. The number of hydrogen-bond donors (Lipinski definition) is 3. The van der Waals surface area contributed by atoms with Crippen LogP contribution in [0.2, 0.25) is 0 Å². The number of carbonyl (C=O) groups excluding carboxylic acids is 1. The minimum atomic E-state index is -0.274. The molecule has 1 aliphatic rings. The highest BCUT2D eigenvalue weighted by Gasteiger charge is 2.22. The molecule has 2 atom stereocenters. The third kappa shape index (κ3) is 3.25. The topological polar surface area (TPSA) is 70.6 Å². The fraction of sp³-hybridized carbons (Fsp3) is 0.889. The lowest BCUT2D eigenvalue weighted by Gasteiger charge is -2.24. The Labute approximate surface area is 83.8 Å². The summed E-state index contributed by atoms with van der Waals surface area (Å²) in [4.78, 5) is 11.6. The van der Waals surface area contributed by atoms with E-state index in [1.54, 1.807) is 0 Å². The zero-order chi connectivity index (χ0) is 10.4. The van der Waals surface area contributed by atoms with Crippen LogP contribution in [0.3, 0.4) is 0 Å². The van der Waals surface area contributed by atoms with E-state index in [1.807, 2.05) is 6.92 Å². The van der Waals surface area contributed by atoms with Crippen molar-refractivity contribution in [3.05, 3.63) is 0 Å². The van der Waals surface area contributed by atoms with Crippen LogP contribution in [0.25, 0.3) is 0 Å². The fourth-order valence-electron chi connectivity index (χ4n) is 1.31. The summed E-state index contributed by atoms with van der Waals surface area (Å²) in [6, 6.07) is -0.421. The van der Waals surface area contributed by atoms with Crippen LogP contribution in [0.5, 0.6) is 0 Å². The van der Waals surface area contributed by atoms with Crippen LogP contribution >= 0.6 is 0 Å². The zero-order valence-electron chi connectivity index (χ0n) is 8.45. The molecule has 1 heterocycles. The molecule has 1 saturated heterocycles. The summed E-state index contributed by atoms with van der Waals surface area (Å²) >= 11 is 0. The van der Waals surface area contributed by atoms with E-state index in [4.69, 9.17) is 9.84 Å². The Bertz CT molecular complexity index is 177. The molecule has 0 bridgehead atoms. The van der Waals surface area contributed by atoms with Crippen LogP contribution in [0.1, 0.15) is 13.3 Å². The second kappa shape index (κ2) is 5.95. The van der Waals surface area contributed by atoms with Gasteiger partial charge in [-0.2, -0.15) is 0 Å². The Morgan fingerprint density at radius 3 is 3.07 bits per heavy atom. The average molecular weight is 202 g/mol. The van der Waals surface area contributed by atoms with E-state index in [2.05, 4.69) is 10.6 Å². The Morgan fingerprint density at radius 1 is 1.79 bits per heavy atom. The van der Waals surface area contributed by atoms with Crippen LogP contribution in [-0.2, 0) is 9.53 Å². The largest absolute Gasteiger partial charge is 0.394 e. The van der Waals surface area contributed by atoms with Gasteiger partial charge in [0, 0.05) is 6.54 Å². The number of aliphatic hydroxyl groups is 1. The molecule has 1 fully saturated rings. The highest BCUT2D eigenvalue weighted by atomic mass is 16.5. The minimum Gasteiger partial charge on any atom is -0.394 e. The number of ether oxygens (including phenoxy) is 1. The predicted molar refractivity (Wildman–Crippen MR) is 51.9 cm³/mol. The molecule has 0 aromatic rings. The lowest BCUT2D eigenvalue weighted by atomic mass is 10.2. The number of rotatable bonds is 4. The summed E-state index contributed by atoms with van der Waals surface area (Å²) in [6.45, 7) is 3.67. The molecule has 0 aromatic carbocycles. The molecule has 0 spiro atoms. The van der Waals surface area contributed by atoms with Crippen molar-refractivity contribution < 1.29 is 14.6 Å². The monoisotopic (exact) mass is 202 g/mol. The first-order valence-electron chi connectivity index (χ1n) is 5.00. The molecule has 0 radical (unpaired) electrons. The highest BCUT2D eigenvalue weighted by molar-refractivity contribution is 5.82. The molecule has 82 valence electrons. The van der Waals surface area contributed by atoms with E-state index in [0.717, 1.165) is 6.42 Å². The van der Waals surface area contributed by atoms with Gasteiger partial charge in [-0.25, -0.2) is 0 Å². The molecule has 1 amide bonds. The van der Waals surface area contributed by atoms with Crippen molar-refractivity contribution >= 4 is 5.91 Å². The van der Waals surface area contributed by atoms with Crippen molar-refractivity contribution in [1.82, 2.24) is 10.6 Å². The Morgan fingerprint density at radius 2 is 2.57 bits per heavy atom. The van der Waals surface area contributed by atoms with Crippen molar-refractivity contribution in [3.8, 4) is 0 Å². The first-order chi connectivity index (χ1) is 6.77. The number of amides is 1. The van der Waals surface area contributed by atoms with Crippen molar-refractivity contribution in [2.75, 3.05) is 26.4 Å². The number of nitrogens with one attached hydrogen (secondary N) is 2. The van der Waals surface area contributed by atoms with Crippen molar-refractivity contribution in [2.45, 2.75) is 25.4 Å². The van der Waals surface area contributed by atoms with Gasteiger partial charge in [-0.3, -0.25) is 4.79 Å². The SMILES string of the molecule is CCC(CO)NC(=O)C1COCCN1. The first-order valence-corrected chi connectivity index (χ1v) is 5.00. The van der Waals surface area contributed by atoms with E-state index >= 15 is 0 Å². The maximum atomic E-state index is 11.6. The Kier molecular flexibility index (Phi) is 4.86. The minimum absolute atomic E-state index is 0.0180. The summed E-state index contributed by atoms with van der Waals surface area (Å²) in [6.07, 6.45) is 0.732. The van der Waals surface area contributed by atoms with Crippen molar-refractivity contribution in [2.24, 2.45) is 0 Å². The number of morpholine rings is 1. The van der Waals surface area contributed by atoms with Gasteiger partial charge in [-0.05, 0) is 6.42 Å². The highest BCUT2D eigenvalue weighted by Crippen LogP contribution is 1.95. The molecule has 14 heavy (non-hydrogen) atoms. The standard InChI is InChI=1S/C9H18N2O3/c1-2-7(5-12)11-9(13)8-6-14-4-3-10-8/h7-8,10,12H,2-6H2,1H3,(H,11,13). The van der Waals surface area contributed by atoms with Gasteiger partial charge in [0.05, 0.1) is 25.9 Å².